The Bertz CT molecular complexity index is 573. The molecule has 0 bridgehead atoms. The topological polar surface area (TPSA) is 55.1 Å². The summed E-state index contributed by atoms with van der Waals surface area (Å²) in [5, 5.41) is 13.3. The minimum absolute atomic E-state index is 0.153. The van der Waals surface area contributed by atoms with Crippen LogP contribution < -0.4 is 0 Å². The Morgan fingerprint density at radius 3 is 2.41 bits per heavy atom. The molecule has 2 aromatic rings. The van der Waals surface area contributed by atoms with Crippen LogP contribution in [0.4, 0.5) is 0 Å². The molecule has 1 aromatic carbocycles. The molecule has 1 heterocycles. The first-order chi connectivity index (χ1) is 8.00. The number of aromatic nitrogens is 2. The van der Waals surface area contributed by atoms with Crippen LogP contribution in [0.1, 0.15) is 16.1 Å². The number of halogens is 1. The highest BCUT2D eigenvalue weighted by atomic mass is 79.9. The minimum Gasteiger partial charge on any atom is -0.476 e. The third kappa shape index (κ3) is 2.10. The highest BCUT2D eigenvalue weighted by Crippen LogP contribution is 2.30. The lowest BCUT2D eigenvalue weighted by Gasteiger charge is -1.98. The van der Waals surface area contributed by atoms with Crippen molar-refractivity contribution in [3.63, 3.8) is 0 Å². The molecule has 4 nitrogen and oxygen atoms in total. The van der Waals surface area contributed by atoms with Gasteiger partial charge in [-0.05, 0) is 22.9 Å². The zero-order valence-corrected chi connectivity index (χ0v) is 11.0. The Balaban J connectivity index is 2.57. The minimum atomic E-state index is -0.995. The van der Waals surface area contributed by atoms with Gasteiger partial charge >= 0.3 is 5.97 Å². The number of nitrogens with zero attached hydrogens (tertiary/aromatic N) is 2. The fourth-order valence-corrected chi connectivity index (χ4v) is 2.36. The molecule has 0 aliphatic heterocycles. The van der Waals surface area contributed by atoms with Crippen LogP contribution in [-0.2, 0) is 7.05 Å². The predicted molar refractivity (Wildman–Crippen MR) is 68.0 cm³/mol. The Kier molecular flexibility index (Phi) is 3.02. The quantitative estimate of drug-likeness (QED) is 0.927. The fraction of sp³-hybridized carbons (Fsp3) is 0.167. The van der Waals surface area contributed by atoms with Crippen LogP contribution in [0, 0.1) is 6.92 Å². The summed E-state index contributed by atoms with van der Waals surface area (Å²) < 4.78 is 1.87. The standard InChI is InChI=1S/C12H11BrN2O2/c1-7-3-5-8(6-4-7)10-9(13)11(12(16)17)15(2)14-10/h3-6H,1-2H3,(H,16,17). The van der Waals surface area contributed by atoms with Crippen molar-refractivity contribution < 1.29 is 9.90 Å². The van der Waals surface area contributed by atoms with Crippen molar-refractivity contribution >= 4 is 21.9 Å². The van der Waals surface area contributed by atoms with Gasteiger partial charge in [-0.15, -0.1) is 0 Å². The highest BCUT2D eigenvalue weighted by Gasteiger charge is 2.20. The van der Waals surface area contributed by atoms with Crippen molar-refractivity contribution in [2.45, 2.75) is 6.92 Å². The summed E-state index contributed by atoms with van der Waals surface area (Å²) in [6.45, 7) is 2.00. The molecule has 1 N–H and O–H groups in total. The highest BCUT2D eigenvalue weighted by molar-refractivity contribution is 9.10. The molecule has 5 heteroatoms. The molecule has 17 heavy (non-hydrogen) atoms. The van der Waals surface area contributed by atoms with Crippen LogP contribution in [0.15, 0.2) is 28.7 Å². The molecule has 0 aliphatic rings. The van der Waals surface area contributed by atoms with E-state index in [9.17, 15) is 4.79 Å². The van der Waals surface area contributed by atoms with Crippen LogP contribution >= 0.6 is 15.9 Å². The monoisotopic (exact) mass is 294 g/mol. The molecular formula is C12H11BrN2O2. The molecule has 0 saturated heterocycles. The summed E-state index contributed by atoms with van der Waals surface area (Å²) in [6.07, 6.45) is 0. The first kappa shape index (κ1) is 11.9. The summed E-state index contributed by atoms with van der Waals surface area (Å²) >= 11 is 3.29. The van der Waals surface area contributed by atoms with E-state index in [1.165, 1.54) is 4.68 Å². The number of rotatable bonds is 2. The van der Waals surface area contributed by atoms with E-state index in [4.69, 9.17) is 5.11 Å². The van der Waals surface area contributed by atoms with E-state index in [0.717, 1.165) is 11.1 Å². The van der Waals surface area contributed by atoms with E-state index in [1.807, 2.05) is 31.2 Å². The van der Waals surface area contributed by atoms with Crippen molar-refractivity contribution in [3.05, 3.63) is 40.0 Å². The van der Waals surface area contributed by atoms with E-state index in [2.05, 4.69) is 21.0 Å². The number of benzene rings is 1. The molecule has 0 radical (unpaired) electrons. The molecule has 88 valence electrons. The van der Waals surface area contributed by atoms with Crippen LogP contribution in [-0.4, -0.2) is 20.9 Å². The van der Waals surface area contributed by atoms with Crippen molar-refractivity contribution in [1.29, 1.82) is 0 Å². The van der Waals surface area contributed by atoms with Gasteiger partial charge in [0.1, 0.15) is 5.69 Å². The maximum absolute atomic E-state index is 11.1. The van der Waals surface area contributed by atoms with Gasteiger partial charge in [-0.2, -0.15) is 5.10 Å². The average molecular weight is 295 g/mol. The number of carbonyl (C=O) groups is 1. The summed E-state index contributed by atoms with van der Waals surface area (Å²) in [5.41, 5.74) is 2.84. The number of hydrogen-bond acceptors (Lipinski definition) is 2. The zero-order valence-electron chi connectivity index (χ0n) is 9.44. The molecule has 0 aliphatic carbocycles. The Labute approximate surface area is 107 Å². The first-order valence-corrected chi connectivity index (χ1v) is 5.83. The van der Waals surface area contributed by atoms with Gasteiger partial charge in [0.2, 0.25) is 0 Å². The van der Waals surface area contributed by atoms with Crippen molar-refractivity contribution in [1.82, 2.24) is 9.78 Å². The predicted octanol–water partition coefficient (Wildman–Crippen LogP) is 2.86. The van der Waals surface area contributed by atoms with Gasteiger partial charge in [-0.25, -0.2) is 4.79 Å². The van der Waals surface area contributed by atoms with Gasteiger partial charge < -0.3 is 5.11 Å². The van der Waals surface area contributed by atoms with E-state index >= 15 is 0 Å². The van der Waals surface area contributed by atoms with Crippen LogP contribution in [0.2, 0.25) is 0 Å². The van der Waals surface area contributed by atoms with Gasteiger partial charge in [0.15, 0.2) is 5.69 Å². The lowest BCUT2D eigenvalue weighted by atomic mass is 10.1. The van der Waals surface area contributed by atoms with Crippen molar-refractivity contribution in [2.75, 3.05) is 0 Å². The molecular weight excluding hydrogens is 284 g/mol. The normalized spacial score (nSPS) is 10.5. The number of carboxylic acid groups (broad SMARTS) is 1. The maximum atomic E-state index is 11.1. The van der Waals surface area contributed by atoms with E-state index < -0.39 is 5.97 Å². The number of hydrogen-bond donors (Lipinski definition) is 1. The van der Waals surface area contributed by atoms with Crippen LogP contribution in [0.5, 0.6) is 0 Å². The number of aryl methyl sites for hydroxylation is 2. The van der Waals surface area contributed by atoms with Crippen LogP contribution in [0.25, 0.3) is 11.3 Å². The van der Waals surface area contributed by atoms with E-state index in [1.54, 1.807) is 7.05 Å². The van der Waals surface area contributed by atoms with Gasteiger partial charge in [0.25, 0.3) is 0 Å². The van der Waals surface area contributed by atoms with Crippen molar-refractivity contribution in [2.24, 2.45) is 7.05 Å². The van der Waals surface area contributed by atoms with Crippen molar-refractivity contribution in [3.8, 4) is 11.3 Å². The smallest absolute Gasteiger partial charge is 0.355 e. The van der Waals surface area contributed by atoms with Gasteiger partial charge in [-0.1, -0.05) is 29.8 Å². The zero-order chi connectivity index (χ0) is 12.6. The van der Waals surface area contributed by atoms with Crippen LogP contribution in [0.3, 0.4) is 0 Å². The van der Waals surface area contributed by atoms with E-state index in [-0.39, 0.29) is 5.69 Å². The maximum Gasteiger partial charge on any atom is 0.355 e. The Hall–Kier alpha value is -1.62. The fourth-order valence-electron chi connectivity index (χ4n) is 1.63. The van der Waals surface area contributed by atoms with Gasteiger partial charge in [-0.3, -0.25) is 4.68 Å². The first-order valence-electron chi connectivity index (χ1n) is 5.03. The third-order valence-electron chi connectivity index (χ3n) is 2.52. The second-order valence-electron chi connectivity index (χ2n) is 3.81. The van der Waals surface area contributed by atoms with Gasteiger partial charge in [0.05, 0.1) is 4.47 Å². The Morgan fingerprint density at radius 2 is 1.94 bits per heavy atom. The lowest BCUT2D eigenvalue weighted by molar-refractivity contribution is 0.0684. The summed E-state index contributed by atoms with van der Waals surface area (Å²) in [5.74, 6) is -0.995. The number of carboxylic acids is 1. The molecule has 0 fully saturated rings. The summed E-state index contributed by atoms with van der Waals surface area (Å²) in [4.78, 5) is 11.1. The molecule has 1 aromatic heterocycles. The SMILES string of the molecule is Cc1ccc(-c2nn(C)c(C(=O)O)c2Br)cc1. The summed E-state index contributed by atoms with van der Waals surface area (Å²) in [7, 11) is 1.62. The average Bonchev–Trinajstić information content (AvgIpc) is 2.55. The molecule has 0 atom stereocenters. The third-order valence-corrected chi connectivity index (χ3v) is 3.27. The Morgan fingerprint density at radius 1 is 1.35 bits per heavy atom. The molecule has 0 spiro atoms. The van der Waals surface area contributed by atoms with E-state index in [0.29, 0.717) is 10.2 Å². The largest absolute Gasteiger partial charge is 0.476 e. The number of aromatic carboxylic acids is 1. The molecule has 2 rings (SSSR count). The lowest BCUT2D eigenvalue weighted by Crippen LogP contribution is -2.05. The van der Waals surface area contributed by atoms with Gasteiger partial charge in [0, 0.05) is 12.6 Å². The summed E-state index contributed by atoms with van der Waals surface area (Å²) in [6, 6.07) is 7.79. The molecule has 0 saturated carbocycles. The molecule has 0 amide bonds. The molecule has 0 unspecified atom stereocenters. The second kappa shape index (κ2) is 4.33. The second-order valence-corrected chi connectivity index (χ2v) is 4.60.